The molecule has 1 aliphatic carbocycles. The van der Waals surface area contributed by atoms with Gasteiger partial charge in [0.05, 0.1) is 11.0 Å². The predicted octanol–water partition coefficient (Wildman–Crippen LogP) is 2.93. The summed E-state index contributed by atoms with van der Waals surface area (Å²) in [5.41, 5.74) is 1.41. The number of fused-ring (bicyclic) bond motifs is 1. The largest absolute Gasteiger partial charge is 0.376 e. The minimum atomic E-state index is 0.0774. The lowest BCUT2D eigenvalue weighted by molar-refractivity contribution is 0.0861. The van der Waals surface area contributed by atoms with Gasteiger partial charge < -0.3 is 10.1 Å². The normalized spacial score (nSPS) is 22.8. The Hall–Kier alpha value is -0.870. The van der Waals surface area contributed by atoms with E-state index in [1.54, 1.807) is 11.3 Å². The Morgan fingerprint density at radius 2 is 2.21 bits per heavy atom. The lowest BCUT2D eigenvalue weighted by atomic mass is 10.1. The fraction of sp³-hybridized carbons (Fsp3) is 0.667. The summed E-state index contributed by atoms with van der Waals surface area (Å²) in [4.78, 5) is 14.5. The summed E-state index contributed by atoms with van der Waals surface area (Å²) in [6, 6.07) is 2.11. The van der Waals surface area contributed by atoms with E-state index < -0.39 is 0 Å². The topological polar surface area (TPSA) is 38.3 Å². The van der Waals surface area contributed by atoms with Crippen LogP contribution in [0, 0.1) is 0 Å². The zero-order chi connectivity index (χ0) is 13.1. The van der Waals surface area contributed by atoms with Crippen LogP contribution in [0.1, 0.15) is 52.2 Å². The minimum absolute atomic E-state index is 0.0774. The third-order valence-corrected chi connectivity index (χ3v) is 5.22. The van der Waals surface area contributed by atoms with Gasteiger partial charge in [-0.25, -0.2) is 0 Å². The summed E-state index contributed by atoms with van der Waals surface area (Å²) in [6.45, 7) is 1.50. The number of carbonyl (C=O) groups is 1. The molecule has 1 aromatic heterocycles. The van der Waals surface area contributed by atoms with Crippen LogP contribution in [0.2, 0.25) is 0 Å². The molecule has 3 nitrogen and oxygen atoms in total. The summed E-state index contributed by atoms with van der Waals surface area (Å²) in [6.07, 6.45) is 8.56. The predicted molar refractivity (Wildman–Crippen MR) is 76.9 cm³/mol. The van der Waals surface area contributed by atoms with Crippen LogP contribution in [0.15, 0.2) is 6.07 Å². The first kappa shape index (κ1) is 13.1. The highest BCUT2D eigenvalue weighted by atomic mass is 32.1. The highest BCUT2D eigenvalue weighted by Gasteiger charge is 2.19. The summed E-state index contributed by atoms with van der Waals surface area (Å²) >= 11 is 1.69. The first-order chi connectivity index (χ1) is 9.33. The Morgan fingerprint density at radius 1 is 1.32 bits per heavy atom. The molecule has 1 N–H and O–H groups in total. The maximum Gasteiger partial charge on any atom is 0.261 e. The second-order valence-electron chi connectivity index (χ2n) is 5.46. The van der Waals surface area contributed by atoms with Crippen LogP contribution in [-0.4, -0.2) is 25.2 Å². The van der Waals surface area contributed by atoms with Gasteiger partial charge in [0.2, 0.25) is 0 Å². The zero-order valence-corrected chi connectivity index (χ0v) is 12.1. The minimum Gasteiger partial charge on any atom is -0.376 e. The van der Waals surface area contributed by atoms with E-state index in [0.717, 1.165) is 37.2 Å². The van der Waals surface area contributed by atoms with Crippen molar-refractivity contribution in [2.45, 2.75) is 51.0 Å². The Kier molecular flexibility index (Phi) is 4.18. The van der Waals surface area contributed by atoms with Gasteiger partial charge in [-0.2, -0.15) is 0 Å². The van der Waals surface area contributed by atoms with Gasteiger partial charge in [0.1, 0.15) is 0 Å². The van der Waals surface area contributed by atoms with Crippen molar-refractivity contribution >= 4 is 17.2 Å². The van der Waals surface area contributed by atoms with Crippen molar-refractivity contribution in [3.05, 3.63) is 21.4 Å². The molecule has 1 amide bonds. The highest BCUT2D eigenvalue weighted by Crippen LogP contribution is 2.28. The first-order valence-corrected chi connectivity index (χ1v) is 8.16. The van der Waals surface area contributed by atoms with Crippen molar-refractivity contribution in [3.8, 4) is 0 Å². The molecule has 1 aromatic rings. The summed E-state index contributed by atoms with van der Waals surface area (Å²) < 4.78 is 5.53. The summed E-state index contributed by atoms with van der Waals surface area (Å²) in [5.74, 6) is 0.0774. The average Bonchev–Trinajstić information content (AvgIpc) is 3.02. The van der Waals surface area contributed by atoms with Crippen LogP contribution in [0.5, 0.6) is 0 Å². The Labute approximate surface area is 118 Å². The maximum atomic E-state index is 12.1. The number of carbonyl (C=O) groups excluding carboxylic acids is 1. The second kappa shape index (κ2) is 6.06. The Bertz CT molecular complexity index is 425. The molecule has 1 atom stereocenters. The zero-order valence-electron chi connectivity index (χ0n) is 11.2. The smallest absolute Gasteiger partial charge is 0.261 e. The van der Waals surface area contributed by atoms with Crippen LogP contribution >= 0.6 is 11.3 Å². The van der Waals surface area contributed by atoms with E-state index in [2.05, 4.69) is 11.4 Å². The SMILES string of the molecule is O=C(NCC1CCCO1)c1cc2c(s1)CCCCC2. The monoisotopic (exact) mass is 279 g/mol. The fourth-order valence-corrected chi connectivity index (χ4v) is 4.05. The maximum absolute atomic E-state index is 12.1. The molecule has 0 saturated carbocycles. The molecule has 0 bridgehead atoms. The second-order valence-corrected chi connectivity index (χ2v) is 6.60. The third-order valence-electron chi connectivity index (χ3n) is 3.98. The molecule has 1 aliphatic heterocycles. The van der Waals surface area contributed by atoms with Gasteiger partial charge in [-0.15, -0.1) is 11.3 Å². The van der Waals surface area contributed by atoms with Gasteiger partial charge in [0, 0.05) is 18.0 Å². The van der Waals surface area contributed by atoms with Gasteiger partial charge in [0.15, 0.2) is 0 Å². The van der Waals surface area contributed by atoms with Gasteiger partial charge in [-0.05, 0) is 50.2 Å². The summed E-state index contributed by atoms with van der Waals surface area (Å²) in [7, 11) is 0. The number of aryl methyl sites for hydroxylation is 2. The van der Waals surface area contributed by atoms with Gasteiger partial charge in [-0.1, -0.05) is 6.42 Å². The number of amides is 1. The molecule has 0 spiro atoms. The van der Waals surface area contributed by atoms with Crippen LogP contribution in [0.25, 0.3) is 0 Å². The van der Waals surface area contributed by atoms with E-state index in [-0.39, 0.29) is 12.0 Å². The van der Waals surface area contributed by atoms with Crippen LogP contribution < -0.4 is 5.32 Å². The van der Waals surface area contributed by atoms with Crippen LogP contribution in [-0.2, 0) is 17.6 Å². The van der Waals surface area contributed by atoms with E-state index in [4.69, 9.17) is 4.74 Å². The Balaban J connectivity index is 1.60. The van der Waals surface area contributed by atoms with Crippen LogP contribution in [0.4, 0.5) is 0 Å². The number of nitrogens with one attached hydrogen (secondary N) is 1. The average molecular weight is 279 g/mol. The van der Waals surface area contributed by atoms with Crippen molar-refractivity contribution in [2.24, 2.45) is 0 Å². The molecule has 1 unspecified atom stereocenters. The molecular formula is C15H21NO2S. The number of rotatable bonds is 3. The van der Waals surface area contributed by atoms with Gasteiger partial charge in [0.25, 0.3) is 5.91 Å². The molecule has 4 heteroatoms. The van der Waals surface area contributed by atoms with E-state index in [0.29, 0.717) is 6.54 Å². The number of hydrogen-bond donors (Lipinski definition) is 1. The van der Waals surface area contributed by atoms with E-state index in [9.17, 15) is 4.79 Å². The molecule has 104 valence electrons. The van der Waals surface area contributed by atoms with Crippen LogP contribution in [0.3, 0.4) is 0 Å². The lowest BCUT2D eigenvalue weighted by Gasteiger charge is -2.09. The molecule has 3 rings (SSSR count). The van der Waals surface area contributed by atoms with Gasteiger partial charge in [-0.3, -0.25) is 4.79 Å². The van der Waals surface area contributed by atoms with Crippen molar-refractivity contribution < 1.29 is 9.53 Å². The molecule has 0 radical (unpaired) electrons. The molecular weight excluding hydrogens is 258 g/mol. The number of hydrogen-bond acceptors (Lipinski definition) is 3. The van der Waals surface area contributed by atoms with Gasteiger partial charge >= 0.3 is 0 Å². The number of ether oxygens (including phenoxy) is 1. The fourth-order valence-electron chi connectivity index (χ4n) is 2.88. The molecule has 1 fully saturated rings. The van der Waals surface area contributed by atoms with E-state index in [1.165, 1.54) is 29.7 Å². The summed E-state index contributed by atoms with van der Waals surface area (Å²) in [5, 5.41) is 3.01. The first-order valence-electron chi connectivity index (χ1n) is 7.34. The van der Waals surface area contributed by atoms with Crippen molar-refractivity contribution in [3.63, 3.8) is 0 Å². The standard InChI is InChI=1S/C15H21NO2S/c17-15(16-10-12-6-4-8-18-12)14-9-11-5-2-1-3-7-13(11)19-14/h9,12H,1-8,10H2,(H,16,17). The lowest BCUT2D eigenvalue weighted by Crippen LogP contribution is -2.31. The van der Waals surface area contributed by atoms with Crippen molar-refractivity contribution in [1.29, 1.82) is 0 Å². The van der Waals surface area contributed by atoms with Crippen molar-refractivity contribution in [2.75, 3.05) is 13.2 Å². The molecule has 2 heterocycles. The van der Waals surface area contributed by atoms with E-state index >= 15 is 0 Å². The highest BCUT2D eigenvalue weighted by molar-refractivity contribution is 7.14. The molecule has 2 aliphatic rings. The molecule has 0 aromatic carbocycles. The Morgan fingerprint density at radius 3 is 3.05 bits per heavy atom. The van der Waals surface area contributed by atoms with Crippen molar-refractivity contribution in [1.82, 2.24) is 5.32 Å². The number of thiophene rings is 1. The quantitative estimate of drug-likeness (QED) is 0.864. The molecule has 1 saturated heterocycles. The third kappa shape index (κ3) is 3.18. The molecule has 19 heavy (non-hydrogen) atoms. The van der Waals surface area contributed by atoms with E-state index in [1.807, 2.05) is 0 Å².